The van der Waals surface area contributed by atoms with E-state index in [0.717, 1.165) is 40.3 Å². The van der Waals surface area contributed by atoms with Gasteiger partial charge in [-0.25, -0.2) is 9.99 Å². The van der Waals surface area contributed by atoms with Gasteiger partial charge in [0.2, 0.25) is 0 Å². The standard InChI is InChI=1S/C23H19F3N6OS/c1-15-11-16(2)31-21(28-15)29-30-22(31)34-14-20(33)32(27-13-17-7-4-3-5-8-17)19-10-6-9-18(12-19)23(24,25)26/h3-13H,14H2,1-2H3/b27-13+. The lowest BCUT2D eigenvalue weighted by molar-refractivity contribution is -0.137. The van der Waals surface area contributed by atoms with Gasteiger partial charge in [-0.2, -0.15) is 18.3 Å². The average Bonchev–Trinajstić information content (AvgIpc) is 3.21. The Morgan fingerprint density at radius 1 is 1.09 bits per heavy atom. The summed E-state index contributed by atoms with van der Waals surface area (Å²) >= 11 is 1.10. The van der Waals surface area contributed by atoms with Gasteiger partial charge in [-0.05, 0) is 43.7 Å². The van der Waals surface area contributed by atoms with Crippen LogP contribution in [0.1, 0.15) is 22.5 Å². The highest BCUT2D eigenvalue weighted by molar-refractivity contribution is 7.99. The van der Waals surface area contributed by atoms with Crippen LogP contribution in [0.5, 0.6) is 0 Å². The predicted molar refractivity (Wildman–Crippen MR) is 124 cm³/mol. The molecular formula is C23H19F3N6OS. The molecule has 1 amide bonds. The number of carbonyl (C=O) groups is 1. The summed E-state index contributed by atoms with van der Waals surface area (Å²) in [5.74, 6) is -0.244. The van der Waals surface area contributed by atoms with E-state index >= 15 is 0 Å². The summed E-state index contributed by atoms with van der Waals surface area (Å²) in [5, 5.41) is 13.8. The van der Waals surface area contributed by atoms with Gasteiger partial charge in [-0.15, -0.1) is 10.2 Å². The van der Waals surface area contributed by atoms with E-state index in [-0.39, 0.29) is 11.4 Å². The fourth-order valence-electron chi connectivity index (χ4n) is 3.23. The second kappa shape index (κ2) is 9.64. The van der Waals surface area contributed by atoms with Crippen LogP contribution in [-0.2, 0) is 11.0 Å². The van der Waals surface area contributed by atoms with Crippen molar-refractivity contribution in [3.63, 3.8) is 0 Å². The summed E-state index contributed by atoms with van der Waals surface area (Å²) in [5.41, 5.74) is 1.47. The van der Waals surface area contributed by atoms with Crippen LogP contribution in [0.4, 0.5) is 18.9 Å². The number of hydrazone groups is 1. The number of hydrogen-bond donors (Lipinski definition) is 0. The largest absolute Gasteiger partial charge is 0.416 e. The molecule has 4 aromatic rings. The topological polar surface area (TPSA) is 75.8 Å². The second-order valence-electron chi connectivity index (χ2n) is 7.35. The highest BCUT2D eigenvalue weighted by Gasteiger charge is 2.31. The Labute approximate surface area is 197 Å². The molecule has 0 unspecified atom stereocenters. The fraction of sp³-hybridized carbons (Fsp3) is 0.174. The summed E-state index contributed by atoms with van der Waals surface area (Å²) in [6, 6.07) is 15.3. The third-order valence-electron chi connectivity index (χ3n) is 4.76. The number of amides is 1. The van der Waals surface area contributed by atoms with Gasteiger partial charge in [0.1, 0.15) is 0 Å². The minimum atomic E-state index is -4.55. The Balaban J connectivity index is 1.62. The smallest absolute Gasteiger partial charge is 0.272 e. The zero-order valence-electron chi connectivity index (χ0n) is 18.2. The first kappa shape index (κ1) is 23.4. The van der Waals surface area contributed by atoms with Crippen LogP contribution >= 0.6 is 11.8 Å². The molecule has 0 atom stereocenters. The Bertz CT molecular complexity index is 1350. The summed E-state index contributed by atoms with van der Waals surface area (Å²) in [4.78, 5) is 17.4. The summed E-state index contributed by atoms with van der Waals surface area (Å²) in [6.07, 6.45) is -3.13. The number of anilines is 1. The number of fused-ring (bicyclic) bond motifs is 1. The predicted octanol–water partition coefficient (Wildman–Crippen LogP) is 4.92. The van der Waals surface area contributed by atoms with E-state index in [0.29, 0.717) is 16.5 Å². The molecule has 11 heteroatoms. The van der Waals surface area contributed by atoms with E-state index in [4.69, 9.17) is 0 Å². The minimum Gasteiger partial charge on any atom is -0.272 e. The first-order valence-electron chi connectivity index (χ1n) is 10.1. The number of rotatable bonds is 6. The molecular weight excluding hydrogens is 465 g/mol. The SMILES string of the molecule is Cc1cc(C)n2c(SCC(=O)N(/N=C/c3ccccc3)c3cccc(C(F)(F)F)c3)nnc2n1. The summed E-state index contributed by atoms with van der Waals surface area (Å²) in [7, 11) is 0. The van der Waals surface area contributed by atoms with Crippen LogP contribution in [0.15, 0.2) is 70.9 Å². The highest BCUT2D eigenvalue weighted by atomic mass is 32.2. The van der Waals surface area contributed by atoms with Crippen molar-refractivity contribution in [2.75, 3.05) is 10.8 Å². The van der Waals surface area contributed by atoms with E-state index in [9.17, 15) is 18.0 Å². The normalized spacial score (nSPS) is 11.9. The van der Waals surface area contributed by atoms with Crippen LogP contribution < -0.4 is 5.01 Å². The third kappa shape index (κ3) is 5.25. The summed E-state index contributed by atoms with van der Waals surface area (Å²) < 4.78 is 41.5. The lowest BCUT2D eigenvalue weighted by Crippen LogP contribution is -2.28. The number of alkyl halides is 3. The Morgan fingerprint density at radius 3 is 2.59 bits per heavy atom. The maximum atomic E-state index is 13.3. The maximum Gasteiger partial charge on any atom is 0.416 e. The van der Waals surface area contributed by atoms with Gasteiger partial charge in [0.15, 0.2) is 5.16 Å². The highest BCUT2D eigenvalue weighted by Crippen LogP contribution is 2.32. The molecule has 2 aromatic carbocycles. The maximum absolute atomic E-state index is 13.3. The number of hydrogen-bond acceptors (Lipinski definition) is 6. The number of nitrogens with zero attached hydrogens (tertiary/aromatic N) is 6. The molecule has 2 aromatic heterocycles. The van der Waals surface area contributed by atoms with Gasteiger partial charge in [0.05, 0.1) is 23.2 Å². The van der Waals surface area contributed by atoms with Gasteiger partial charge in [0.25, 0.3) is 11.7 Å². The van der Waals surface area contributed by atoms with E-state index in [1.54, 1.807) is 28.7 Å². The van der Waals surface area contributed by atoms with Crippen LogP contribution in [0.25, 0.3) is 5.78 Å². The van der Waals surface area contributed by atoms with Crippen LogP contribution in [0, 0.1) is 13.8 Å². The van der Waals surface area contributed by atoms with Gasteiger partial charge in [0, 0.05) is 11.4 Å². The van der Waals surface area contributed by atoms with Crippen molar-refractivity contribution in [1.82, 2.24) is 19.6 Å². The van der Waals surface area contributed by atoms with Crippen LogP contribution in [0.2, 0.25) is 0 Å². The Kier molecular flexibility index (Phi) is 6.64. The van der Waals surface area contributed by atoms with Crippen molar-refractivity contribution >= 4 is 35.3 Å². The first-order valence-corrected chi connectivity index (χ1v) is 11.1. The van der Waals surface area contributed by atoms with Gasteiger partial charge < -0.3 is 0 Å². The molecule has 0 bridgehead atoms. The van der Waals surface area contributed by atoms with E-state index in [1.165, 1.54) is 18.3 Å². The molecule has 2 heterocycles. The zero-order chi connectivity index (χ0) is 24.3. The lowest BCUT2D eigenvalue weighted by atomic mass is 10.2. The van der Waals surface area contributed by atoms with Crippen molar-refractivity contribution in [2.24, 2.45) is 5.10 Å². The van der Waals surface area contributed by atoms with Crippen molar-refractivity contribution in [3.8, 4) is 0 Å². The first-order chi connectivity index (χ1) is 16.2. The monoisotopic (exact) mass is 484 g/mol. The fourth-order valence-corrected chi connectivity index (χ4v) is 4.06. The number of halogens is 3. The molecule has 0 N–H and O–H groups in total. The van der Waals surface area contributed by atoms with E-state index in [1.807, 2.05) is 26.0 Å². The molecule has 174 valence electrons. The molecule has 34 heavy (non-hydrogen) atoms. The number of carbonyl (C=O) groups excluding carboxylic acids is 1. The molecule has 0 aliphatic carbocycles. The van der Waals surface area contributed by atoms with Crippen molar-refractivity contribution in [1.29, 1.82) is 0 Å². The molecule has 4 rings (SSSR count). The van der Waals surface area contributed by atoms with Crippen molar-refractivity contribution in [2.45, 2.75) is 25.2 Å². The third-order valence-corrected chi connectivity index (χ3v) is 5.68. The molecule has 0 saturated heterocycles. The molecule has 0 radical (unpaired) electrons. The van der Waals surface area contributed by atoms with E-state index < -0.39 is 17.6 Å². The number of thioether (sulfide) groups is 1. The molecule has 0 aliphatic rings. The minimum absolute atomic E-state index is 0.00665. The van der Waals surface area contributed by atoms with Crippen LogP contribution in [0.3, 0.4) is 0 Å². The summed E-state index contributed by atoms with van der Waals surface area (Å²) in [6.45, 7) is 3.71. The molecule has 0 fully saturated rings. The van der Waals surface area contributed by atoms with Gasteiger partial charge in [-0.1, -0.05) is 48.2 Å². The van der Waals surface area contributed by atoms with Gasteiger partial charge in [-0.3, -0.25) is 9.20 Å². The van der Waals surface area contributed by atoms with E-state index in [2.05, 4.69) is 20.3 Å². The Morgan fingerprint density at radius 2 is 1.85 bits per heavy atom. The molecule has 0 saturated carbocycles. The quantitative estimate of drug-likeness (QED) is 0.221. The van der Waals surface area contributed by atoms with Crippen molar-refractivity contribution in [3.05, 3.63) is 83.2 Å². The second-order valence-corrected chi connectivity index (χ2v) is 8.30. The number of aromatic nitrogens is 4. The molecule has 0 spiro atoms. The Hall–Kier alpha value is -3.73. The number of aryl methyl sites for hydroxylation is 2. The van der Waals surface area contributed by atoms with Crippen LogP contribution in [-0.4, -0.2) is 37.5 Å². The zero-order valence-corrected chi connectivity index (χ0v) is 19.0. The molecule has 7 nitrogen and oxygen atoms in total. The number of benzene rings is 2. The molecule has 0 aliphatic heterocycles. The van der Waals surface area contributed by atoms with Crippen molar-refractivity contribution < 1.29 is 18.0 Å². The van der Waals surface area contributed by atoms with Gasteiger partial charge >= 0.3 is 6.18 Å². The average molecular weight is 485 g/mol. The lowest BCUT2D eigenvalue weighted by Gasteiger charge is -2.18.